The molecule has 0 spiro atoms. The molecule has 5 nitrogen and oxygen atoms in total. The van der Waals surface area contributed by atoms with Gasteiger partial charge in [0.15, 0.2) is 0 Å². The van der Waals surface area contributed by atoms with Crippen LogP contribution in [0.25, 0.3) is 10.2 Å². The second-order valence-electron chi connectivity index (χ2n) is 5.38. The fourth-order valence-corrected chi connectivity index (χ4v) is 3.36. The maximum Gasteiger partial charge on any atom is 0.257 e. The zero-order chi connectivity index (χ0) is 17.9. The normalized spacial score (nSPS) is 10.7. The van der Waals surface area contributed by atoms with E-state index in [0.29, 0.717) is 27.9 Å². The molecule has 0 radical (unpaired) electrons. The van der Waals surface area contributed by atoms with Crippen LogP contribution in [0.1, 0.15) is 10.4 Å². The summed E-state index contributed by atoms with van der Waals surface area (Å²) in [6, 6.07) is 15.9. The molecule has 0 saturated carbocycles. The summed E-state index contributed by atoms with van der Waals surface area (Å²) in [5, 5.41) is 6.04. The summed E-state index contributed by atoms with van der Waals surface area (Å²) in [6.07, 6.45) is 1.48. The highest BCUT2D eigenvalue weighted by Crippen LogP contribution is 2.30. The van der Waals surface area contributed by atoms with Crippen LogP contribution in [0.15, 0.2) is 66.3 Å². The fraction of sp³-hybridized carbons (Fsp3) is 0. The number of thiophene rings is 1. The van der Waals surface area contributed by atoms with Crippen LogP contribution in [0.2, 0.25) is 5.02 Å². The van der Waals surface area contributed by atoms with Gasteiger partial charge in [0.25, 0.3) is 5.91 Å². The van der Waals surface area contributed by atoms with Crippen molar-refractivity contribution in [3.8, 4) is 11.6 Å². The number of amides is 1. The van der Waals surface area contributed by atoms with Crippen molar-refractivity contribution in [1.29, 1.82) is 0 Å². The average molecular weight is 382 g/mol. The largest absolute Gasteiger partial charge is 0.438 e. The van der Waals surface area contributed by atoms with Crippen molar-refractivity contribution in [1.82, 2.24) is 9.97 Å². The SMILES string of the molecule is O=C(Nc1ccc(Oc2ncnc3sccc23)cc1)c1ccccc1Cl. The van der Waals surface area contributed by atoms with Crippen molar-refractivity contribution in [3.05, 3.63) is 76.9 Å². The second kappa shape index (κ2) is 7.11. The van der Waals surface area contributed by atoms with Crippen molar-refractivity contribution in [2.24, 2.45) is 0 Å². The first-order valence-corrected chi connectivity index (χ1v) is 8.98. The van der Waals surface area contributed by atoms with Gasteiger partial charge in [0, 0.05) is 5.69 Å². The van der Waals surface area contributed by atoms with Gasteiger partial charge in [0.2, 0.25) is 5.88 Å². The smallest absolute Gasteiger partial charge is 0.257 e. The van der Waals surface area contributed by atoms with E-state index in [-0.39, 0.29) is 5.91 Å². The molecule has 0 aliphatic heterocycles. The van der Waals surface area contributed by atoms with Crippen molar-refractivity contribution in [2.45, 2.75) is 0 Å². The molecule has 2 aromatic heterocycles. The highest BCUT2D eigenvalue weighted by Gasteiger charge is 2.10. The number of aromatic nitrogens is 2. The number of anilines is 1. The average Bonchev–Trinajstić information content (AvgIpc) is 3.13. The molecule has 4 aromatic rings. The Morgan fingerprint density at radius 2 is 1.85 bits per heavy atom. The monoisotopic (exact) mass is 381 g/mol. The maximum absolute atomic E-state index is 12.3. The first kappa shape index (κ1) is 16.5. The van der Waals surface area contributed by atoms with E-state index in [1.807, 2.05) is 11.4 Å². The molecule has 2 aromatic carbocycles. The zero-order valence-electron chi connectivity index (χ0n) is 13.3. The number of carbonyl (C=O) groups excluding carboxylic acids is 1. The number of halogens is 1. The van der Waals surface area contributed by atoms with Gasteiger partial charge in [-0.2, -0.15) is 0 Å². The Balaban J connectivity index is 1.49. The van der Waals surface area contributed by atoms with E-state index in [1.165, 1.54) is 17.7 Å². The van der Waals surface area contributed by atoms with E-state index >= 15 is 0 Å². The topological polar surface area (TPSA) is 64.1 Å². The summed E-state index contributed by atoms with van der Waals surface area (Å²) in [4.78, 5) is 21.5. The molecule has 0 atom stereocenters. The summed E-state index contributed by atoms with van der Waals surface area (Å²) in [5.74, 6) is 0.857. The third-order valence-electron chi connectivity index (χ3n) is 3.67. The second-order valence-corrected chi connectivity index (χ2v) is 6.68. The number of carbonyl (C=O) groups is 1. The molecule has 0 bridgehead atoms. The molecule has 4 rings (SSSR count). The molecule has 1 N–H and O–H groups in total. The Hall–Kier alpha value is -2.96. The Morgan fingerprint density at radius 3 is 2.65 bits per heavy atom. The molecular weight excluding hydrogens is 370 g/mol. The number of hydrogen-bond acceptors (Lipinski definition) is 5. The van der Waals surface area contributed by atoms with Gasteiger partial charge in [-0.1, -0.05) is 23.7 Å². The molecule has 7 heteroatoms. The number of hydrogen-bond donors (Lipinski definition) is 1. The lowest BCUT2D eigenvalue weighted by Crippen LogP contribution is -2.12. The van der Waals surface area contributed by atoms with Crippen LogP contribution in [0.3, 0.4) is 0 Å². The lowest BCUT2D eigenvalue weighted by atomic mass is 10.2. The molecule has 26 heavy (non-hydrogen) atoms. The predicted molar refractivity (Wildman–Crippen MR) is 103 cm³/mol. The van der Waals surface area contributed by atoms with Crippen LogP contribution in [0.4, 0.5) is 5.69 Å². The van der Waals surface area contributed by atoms with E-state index in [9.17, 15) is 4.79 Å². The van der Waals surface area contributed by atoms with Crippen LogP contribution in [-0.2, 0) is 0 Å². The molecule has 0 aliphatic rings. The molecule has 0 unspecified atom stereocenters. The van der Waals surface area contributed by atoms with Crippen molar-refractivity contribution in [2.75, 3.05) is 5.32 Å². The summed E-state index contributed by atoms with van der Waals surface area (Å²) in [6.45, 7) is 0. The highest BCUT2D eigenvalue weighted by atomic mass is 35.5. The summed E-state index contributed by atoms with van der Waals surface area (Å²) < 4.78 is 5.84. The quantitative estimate of drug-likeness (QED) is 0.514. The van der Waals surface area contributed by atoms with Gasteiger partial charge in [-0.25, -0.2) is 9.97 Å². The minimum absolute atomic E-state index is 0.264. The van der Waals surface area contributed by atoms with Gasteiger partial charge in [-0.3, -0.25) is 4.79 Å². The molecule has 0 fully saturated rings. The van der Waals surface area contributed by atoms with Gasteiger partial charge in [-0.05, 0) is 47.8 Å². The van der Waals surface area contributed by atoms with Crippen LogP contribution in [0.5, 0.6) is 11.6 Å². The van der Waals surface area contributed by atoms with Gasteiger partial charge < -0.3 is 10.1 Å². The molecule has 1 amide bonds. The number of nitrogens with zero attached hydrogens (tertiary/aromatic N) is 2. The van der Waals surface area contributed by atoms with E-state index < -0.39 is 0 Å². The highest BCUT2D eigenvalue weighted by molar-refractivity contribution is 7.16. The third kappa shape index (κ3) is 3.37. The Bertz CT molecular complexity index is 1080. The summed E-state index contributed by atoms with van der Waals surface area (Å²) in [7, 11) is 0. The first-order chi connectivity index (χ1) is 12.7. The maximum atomic E-state index is 12.3. The summed E-state index contributed by atoms with van der Waals surface area (Å²) in [5.41, 5.74) is 1.07. The van der Waals surface area contributed by atoms with Crippen molar-refractivity contribution < 1.29 is 9.53 Å². The lowest BCUT2D eigenvalue weighted by molar-refractivity contribution is 0.102. The molecule has 128 valence electrons. The zero-order valence-corrected chi connectivity index (χ0v) is 14.9. The van der Waals surface area contributed by atoms with Gasteiger partial charge in [0.1, 0.15) is 16.9 Å². The molecular formula is C19H12ClN3O2S. The van der Waals surface area contributed by atoms with Crippen LogP contribution < -0.4 is 10.1 Å². The fourth-order valence-electron chi connectivity index (χ4n) is 2.41. The van der Waals surface area contributed by atoms with Gasteiger partial charge >= 0.3 is 0 Å². The number of rotatable bonds is 4. The summed E-state index contributed by atoms with van der Waals surface area (Å²) >= 11 is 7.58. The Kier molecular flexibility index (Phi) is 4.51. The van der Waals surface area contributed by atoms with E-state index in [0.717, 1.165) is 10.2 Å². The number of ether oxygens (including phenoxy) is 1. The van der Waals surface area contributed by atoms with E-state index in [1.54, 1.807) is 48.5 Å². The molecule has 0 aliphatic carbocycles. The van der Waals surface area contributed by atoms with Crippen LogP contribution >= 0.6 is 22.9 Å². The van der Waals surface area contributed by atoms with Gasteiger partial charge in [-0.15, -0.1) is 11.3 Å². The van der Waals surface area contributed by atoms with Gasteiger partial charge in [0.05, 0.1) is 16.0 Å². The lowest BCUT2D eigenvalue weighted by Gasteiger charge is -2.09. The predicted octanol–water partition coefficient (Wildman–Crippen LogP) is 5.39. The number of fused-ring (bicyclic) bond motifs is 1. The minimum Gasteiger partial charge on any atom is -0.438 e. The number of benzene rings is 2. The minimum atomic E-state index is -0.264. The van der Waals surface area contributed by atoms with Crippen LogP contribution in [-0.4, -0.2) is 15.9 Å². The molecule has 0 saturated heterocycles. The van der Waals surface area contributed by atoms with Crippen molar-refractivity contribution in [3.63, 3.8) is 0 Å². The van der Waals surface area contributed by atoms with E-state index in [2.05, 4.69) is 15.3 Å². The standard InChI is InChI=1S/C19H12ClN3O2S/c20-16-4-2-1-3-14(16)17(24)23-12-5-7-13(8-6-12)25-18-15-9-10-26-19(15)22-11-21-18/h1-11H,(H,23,24). The number of nitrogens with one attached hydrogen (secondary N) is 1. The van der Waals surface area contributed by atoms with Crippen LogP contribution in [0, 0.1) is 0 Å². The third-order valence-corrected chi connectivity index (χ3v) is 4.82. The Labute approximate surface area is 158 Å². The van der Waals surface area contributed by atoms with Crippen molar-refractivity contribution >= 4 is 44.7 Å². The first-order valence-electron chi connectivity index (χ1n) is 7.73. The molecule has 2 heterocycles. The Morgan fingerprint density at radius 1 is 1.04 bits per heavy atom. The van der Waals surface area contributed by atoms with E-state index in [4.69, 9.17) is 16.3 Å².